The molecule has 6 heteroatoms. The fourth-order valence-corrected chi connectivity index (χ4v) is 3.18. The molecule has 0 aliphatic carbocycles. The number of benzene rings is 1. The Morgan fingerprint density at radius 1 is 1.26 bits per heavy atom. The van der Waals surface area contributed by atoms with Gasteiger partial charge >= 0.3 is 5.97 Å². The summed E-state index contributed by atoms with van der Waals surface area (Å²) in [5, 5.41) is 17.3. The van der Waals surface area contributed by atoms with Gasteiger partial charge in [-0.25, -0.2) is 8.42 Å². The van der Waals surface area contributed by atoms with Crippen LogP contribution in [-0.4, -0.2) is 25.2 Å². The van der Waals surface area contributed by atoms with E-state index in [1.807, 2.05) is 6.07 Å². The van der Waals surface area contributed by atoms with Crippen molar-refractivity contribution in [3.63, 3.8) is 0 Å². The zero-order valence-electron chi connectivity index (χ0n) is 10.4. The van der Waals surface area contributed by atoms with Gasteiger partial charge < -0.3 is 5.11 Å². The van der Waals surface area contributed by atoms with Crippen LogP contribution in [0.4, 0.5) is 0 Å². The van der Waals surface area contributed by atoms with E-state index < -0.39 is 15.8 Å². The minimum atomic E-state index is -3.31. The summed E-state index contributed by atoms with van der Waals surface area (Å²) < 4.78 is 23.7. The van der Waals surface area contributed by atoms with Crippen LogP contribution in [-0.2, 0) is 20.4 Å². The van der Waals surface area contributed by atoms with E-state index in [1.165, 1.54) is 0 Å². The average Bonchev–Trinajstić information content (AvgIpc) is 2.35. The first-order valence-electron chi connectivity index (χ1n) is 5.85. The van der Waals surface area contributed by atoms with Crippen LogP contribution in [0.15, 0.2) is 24.3 Å². The number of carbonyl (C=O) groups is 1. The fraction of sp³-hybridized carbons (Fsp3) is 0.385. The lowest BCUT2D eigenvalue weighted by Gasteiger charge is -2.05. The Morgan fingerprint density at radius 3 is 2.58 bits per heavy atom. The maximum Gasteiger partial charge on any atom is 0.303 e. The van der Waals surface area contributed by atoms with E-state index >= 15 is 0 Å². The molecule has 0 heterocycles. The Bertz CT molecular complexity index is 587. The highest BCUT2D eigenvalue weighted by Crippen LogP contribution is 2.13. The normalized spacial score (nSPS) is 10.9. The van der Waals surface area contributed by atoms with Gasteiger partial charge in [-0.1, -0.05) is 18.2 Å². The van der Waals surface area contributed by atoms with Crippen molar-refractivity contribution in [3.05, 3.63) is 35.4 Å². The molecule has 0 fully saturated rings. The highest BCUT2D eigenvalue weighted by molar-refractivity contribution is 7.90. The molecule has 1 aromatic carbocycles. The van der Waals surface area contributed by atoms with Gasteiger partial charge in [0, 0.05) is 6.42 Å². The molecular weight excluding hydrogens is 266 g/mol. The van der Waals surface area contributed by atoms with Gasteiger partial charge in [-0.15, -0.1) is 0 Å². The zero-order chi connectivity index (χ0) is 14.3. The number of rotatable bonds is 7. The number of aliphatic carboxylic acids is 1. The molecule has 0 atom stereocenters. The van der Waals surface area contributed by atoms with Crippen LogP contribution in [0, 0.1) is 11.3 Å². The van der Waals surface area contributed by atoms with E-state index in [4.69, 9.17) is 10.4 Å². The van der Waals surface area contributed by atoms with Crippen molar-refractivity contribution < 1.29 is 18.3 Å². The third-order valence-electron chi connectivity index (χ3n) is 2.61. The first-order chi connectivity index (χ1) is 8.94. The number of nitriles is 1. The third kappa shape index (κ3) is 5.53. The van der Waals surface area contributed by atoms with Gasteiger partial charge in [-0.2, -0.15) is 5.26 Å². The maximum absolute atomic E-state index is 11.9. The molecule has 5 nitrogen and oxygen atoms in total. The zero-order valence-corrected chi connectivity index (χ0v) is 11.2. The van der Waals surface area contributed by atoms with Crippen molar-refractivity contribution in [1.82, 2.24) is 0 Å². The topological polar surface area (TPSA) is 95.2 Å². The quantitative estimate of drug-likeness (QED) is 0.768. The van der Waals surface area contributed by atoms with Crippen molar-refractivity contribution in [2.45, 2.75) is 25.0 Å². The van der Waals surface area contributed by atoms with Gasteiger partial charge in [-0.3, -0.25) is 4.79 Å². The van der Waals surface area contributed by atoms with E-state index in [-0.39, 0.29) is 17.9 Å². The number of hydrogen-bond acceptors (Lipinski definition) is 4. The smallest absolute Gasteiger partial charge is 0.303 e. The van der Waals surface area contributed by atoms with Gasteiger partial charge in [0.05, 0.1) is 23.1 Å². The van der Waals surface area contributed by atoms with Crippen LogP contribution in [0.3, 0.4) is 0 Å². The van der Waals surface area contributed by atoms with Gasteiger partial charge in [0.1, 0.15) is 0 Å². The fourth-order valence-electron chi connectivity index (χ4n) is 1.66. The number of carboxylic acids is 1. The Kier molecular flexibility index (Phi) is 5.52. The predicted molar refractivity (Wildman–Crippen MR) is 70.1 cm³/mol. The summed E-state index contributed by atoms with van der Waals surface area (Å²) in [5.74, 6) is -1.16. The highest BCUT2D eigenvalue weighted by Gasteiger charge is 2.14. The lowest BCUT2D eigenvalue weighted by Crippen LogP contribution is -2.11. The lowest BCUT2D eigenvalue weighted by atomic mass is 10.1. The summed E-state index contributed by atoms with van der Waals surface area (Å²) in [5.41, 5.74) is 0.847. The van der Waals surface area contributed by atoms with Crippen molar-refractivity contribution in [1.29, 1.82) is 5.26 Å². The van der Waals surface area contributed by atoms with Crippen LogP contribution in [0.5, 0.6) is 0 Å². The summed E-state index contributed by atoms with van der Waals surface area (Å²) in [6.07, 6.45) is 0.641. The van der Waals surface area contributed by atoms with Gasteiger partial charge in [0.15, 0.2) is 9.84 Å². The van der Waals surface area contributed by atoms with Crippen LogP contribution >= 0.6 is 0 Å². The van der Waals surface area contributed by atoms with E-state index in [0.29, 0.717) is 24.0 Å². The molecule has 0 unspecified atom stereocenters. The second-order valence-corrected chi connectivity index (χ2v) is 6.40. The van der Waals surface area contributed by atoms with E-state index in [9.17, 15) is 13.2 Å². The molecule has 0 bridgehead atoms. The Hall–Kier alpha value is -1.87. The Labute approximate surface area is 112 Å². The van der Waals surface area contributed by atoms with Crippen molar-refractivity contribution in [2.75, 3.05) is 5.75 Å². The van der Waals surface area contributed by atoms with Crippen LogP contribution in [0.1, 0.15) is 30.4 Å². The minimum absolute atomic E-state index is 0.0235. The molecule has 0 spiro atoms. The van der Waals surface area contributed by atoms with Crippen molar-refractivity contribution >= 4 is 15.8 Å². The molecule has 102 valence electrons. The Balaban J connectivity index is 2.60. The van der Waals surface area contributed by atoms with E-state index in [2.05, 4.69) is 0 Å². The summed E-state index contributed by atoms with van der Waals surface area (Å²) in [6.45, 7) is 0. The summed E-state index contributed by atoms with van der Waals surface area (Å²) >= 11 is 0. The summed E-state index contributed by atoms with van der Waals surface area (Å²) in [4.78, 5) is 10.3. The van der Waals surface area contributed by atoms with Crippen LogP contribution in [0.25, 0.3) is 0 Å². The SMILES string of the molecule is N#Cc1ccccc1CS(=O)(=O)CCCCC(=O)O. The largest absolute Gasteiger partial charge is 0.481 e. The maximum atomic E-state index is 11.9. The molecule has 19 heavy (non-hydrogen) atoms. The third-order valence-corrected chi connectivity index (χ3v) is 4.27. The first kappa shape index (κ1) is 15.2. The van der Waals surface area contributed by atoms with Crippen LogP contribution in [0.2, 0.25) is 0 Å². The molecule has 0 radical (unpaired) electrons. The molecule has 0 saturated heterocycles. The molecule has 1 rings (SSSR count). The first-order valence-corrected chi connectivity index (χ1v) is 7.67. The number of carboxylic acid groups (broad SMARTS) is 1. The van der Waals surface area contributed by atoms with E-state index in [0.717, 1.165) is 0 Å². The molecule has 0 saturated carbocycles. The van der Waals surface area contributed by atoms with E-state index in [1.54, 1.807) is 24.3 Å². The standard InChI is InChI=1S/C13H15NO4S/c14-9-11-5-1-2-6-12(11)10-19(17,18)8-4-3-7-13(15)16/h1-2,5-6H,3-4,7-8,10H2,(H,15,16). The summed E-state index contributed by atoms with van der Waals surface area (Å²) in [6, 6.07) is 8.53. The van der Waals surface area contributed by atoms with Crippen molar-refractivity contribution in [2.24, 2.45) is 0 Å². The molecule has 0 aliphatic heterocycles. The Morgan fingerprint density at radius 2 is 1.95 bits per heavy atom. The van der Waals surface area contributed by atoms with Gasteiger partial charge in [-0.05, 0) is 24.5 Å². The van der Waals surface area contributed by atoms with Crippen molar-refractivity contribution in [3.8, 4) is 6.07 Å². The molecule has 0 aromatic heterocycles. The predicted octanol–water partition coefficient (Wildman–Crippen LogP) is 1.73. The van der Waals surface area contributed by atoms with Gasteiger partial charge in [0.2, 0.25) is 0 Å². The highest BCUT2D eigenvalue weighted by atomic mass is 32.2. The second kappa shape index (κ2) is 6.90. The number of nitrogens with zero attached hydrogens (tertiary/aromatic N) is 1. The second-order valence-electron chi connectivity index (χ2n) is 4.21. The number of unbranched alkanes of at least 4 members (excludes halogenated alkanes) is 1. The molecule has 0 amide bonds. The lowest BCUT2D eigenvalue weighted by molar-refractivity contribution is -0.137. The molecular formula is C13H15NO4S. The molecule has 0 aliphatic rings. The molecule has 1 N–H and O–H groups in total. The summed E-state index contributed by atoms with van der Waals surface area (Å²) in [7, 11) is -3.31. The minimum Gasteiger partial charge on any atom is -0.481 e. The molecule has 1 aromatic rings. The number of sulfone groups is 1. The van der Waals surface area contributed by atoms with Gasteiger partial charge in [0.25, 0.3) is 0 Å². The number of hydrogen-bond donors (Lipinski definition) is 1. The monoisotopic (exact) mass is 281 g/mol. The average molecular weight is 281 g/mol. The van der Waals surface area contributed by atoms with Crippen LogP contribution < -0.4 is 0 Å².